The molecule has 1 heterocycles. The molecule has 3 saturated carbocycles. The topological polar surface area (TPSA) is 142 Å². The number of nitrogens with one attached hydrogen (secondary N) is 1. The summed E-state index contributed by atoms with van der Waals surface area (Å²) in [6, 6.07) is 4.94. The summed E-state index contributed by atoms with van der Waals surface area (Å²) in [7, 11) is 1.71. The van der Waals surface area contributed by atoms with E-state index < -0.39 is 58.2 Å². The maximum absolute atomic E-state index is 13.5. The number of halogens is 1. The number of anilines is 1. The predicted octanol–water partition coefficient (Wildman–Crippen LogP) is 4.65. The molecule has 224 valence electrons. The first kappa shape index (κ1) is 29.9. The fourth-order valence-electron chi connectivity index (χ4n) is 9.16. The first-order valence-corrected chi connectivity index (χ1v) is 14.7. The number of rotatable bonds is 5. The number of hydrogen-bond acceptors (Lipinski definition) is 9. The van der Waals surface area contributed by atoms with Crippen LogP contribution in [0.2, 0.25) is 5.02 Å². The molecule has 1 aromatic rings. The van der Waals surface area contributed by atoms with E-state index in [2.05, 4.69) is 19.2 Å². The average Bonchev–Trinajstić information content (AvgIpc) is 3.17. The molecule has 1 aliphatic heterocycles. The summed E-state index contributed by atoms with van der Waals surface area (Å²) in [6.07, 6.45) is 0.452. The lowest BCUT2D eigenvalue weighted by Gasteiger charge is -2.67. The smallest absolute Gasteiger partial charge is 0.376 e. The van der Waals surface area contributed by atoms with Gasteiger partial charge in [-0.05, 0) is 66.5 Å². The summed E-state index contributed by atoms with van der Waals surface area (Å²) in [6.45, 7) is 7.99. The van der Waals surface area contributed by atoms with Gasteiger partial charge in [0.15, 0.2) is 0 Å². The Kier molecular flexibility index (Phi) is 7.48. The summed E-state index contributed by atoms with van der Waals surface area (Å²) in [4.78, 5) is 38.8. The van der Waals surface area contributed by atoms with Gasteiger partial charge in [0.05, 0.1) is 23.8 Å². The lowest BCUT2D eigenvalue weighted by Crippen LogP contribution is -2.64. The number of Topliss-reactive ketones (excluding diaryl/α,β-unsaturated/α-hetero) is 1. The zero-order valence-corrected chi connectivity index (χ0v) is 25.0. The second kappa shape index (κ2) is 10.3. The number of fused-ring (bicyclic) bond motifs is 3. The molecule has 9 atom stereocenters. The van der Waals surface area contributed by atoms with E-state index in [4.69, 9.17) is 21.1 Å². The van der Waals surface area contributed by atoms with Crippen molar-refractivity contribution in [3.63, 3.8) is 0 Å². The first-order valence-electron chi connectivity index (χ1n) is 14.4. The minimum Gasteiger partial charge on any atom is -0.502 e. The molecule has 10 heteroatoms. The highest BCUT2D eigenvalue weighted by atomic mass is 35.5. The van der Waals surface area contributed by atoms with Crippen LogP contribution in [-0.4, -0.2) is 59.1 Å². The van der Waals surface area contributed by atoms with E-state index in [9.17, 15) is 29.7 Å². The highest BCUT2D eigenvalue weighted by Crippen LogP contribution is 2.70. The third kappa shape index (κ3) is 4.46. The minimum atomic E-state index is -1.59. The Bertz CT molecular complexity index is 1310. The van der Waals surface area contributed by atoms with Crippen LogP contribution in [-0.2, 0) is 19.1 Å². The summed E-state index contributed by atoms with van der Waals surface area (Å²) in [5.41, 5.74) is -0.738. The zero-order valence-electron chi connectivity index (χ0n) is 24.2. The number of aliphatic hydroxyl groups is 3. The molecule has 3 aliphatic carbocycles. The number of ether oxygens (including phenoxy) is 2. The fourth-order valence-corrected chi connectivity index (χ4v) is 9.33. The van der Waals surface area contributed by atoms with Crippen LogP contribution in [0.5, 0.6) is 0 Å². The van der Waals surface area contributed by atoms with Crippen LogP contribution in [0.3, 0.4) is 0 Å². The van der Waals surface area contributed by atoms with Crippen LogP contribution >= 0.6 is 11.6 Å². The zero-order chi connectivity index (χ0) is 30.1. The number of carbonyl (C=O) groups excluding carboxylic acids is 3. The van der Waals surface area contributed by atoms with Crippen molar-refractivity contribution in [1.82, 2.24) is 0 Å². The van der Waals surface area contributed by atoms with Crippen molar-refractivity contribution in [2.75, 3.05) is 19.0 Å². The second-order valence-electron chi connectivity index (χ2n) is 13.2. The molecule has 4 N–H and O–H groups in total. The SMILES string of the molecule is CNc1ccc(Cl)cc1C(=O)OCC1(C)C(O)CCC2(C)C1CCC1(C)C(C3=C(O)C(=O)OC3O)C(C)C(=O)CC12. The normalized spacial score (nSPS) is 40.5. The molecule has 9 unspecified atom stereocenters. The van der Waals surface area contributed by atoms with Crippen molar-refractivity contribution in [2.24, 2.45) is 39.9 Å². The molecular formula is C31H40ClNO8. The lowest BCUT2D eigenvalue weighted by atomic mass is 9.37. The Hall–Kier alpha value is -2.62. The Labute approximate surface area is 245 Å². The van der Waals surface area contributed by atoms with Gasteiger partial charge in [-0.25, -0.2) is 9.59 Å². The van der Waals surface area contributed by atoms with Gasteiger partial charge < -0.3 is 30.1 Å². The number of cyclic esters (lactones) is 1. The summed E-state index contributed by atoms with van der Waals surface area (Å²) < 4.78 is 10.8. The van der Waals surface area contributed by atoms with Crippen molar-refractivity contribution in [3.05, 3.63) is 40.1 Å². The molecule has 1 aromatic carbocycles. The van der Waals surface area contributed by atoms with Gasteiger partial charge in [-0.2, -0.15) is 0 Å². The van der Waals surface area contributed by atoms with Crippen LogP contribution in [0.15, 0.2) is 29.5 Å². The van der Waals surface area contributed by atoms with Crippen molar-refractivity contribution < 1.29 is 39.2 Å². The Morgan fingerprint density at radius 1 is 1.12 bits per heavy atom. The Morgan fingerprint density at radius 2 is 1.80 bits per heavy atom. The highest BCUT2D eigenvalue weighted by Gasteiger charge is 2.67. The minimum absolute atomic E-state index is 0.00556. The van der Waals surface area contributed by atoms with Crippen LogP contribution < -0.4 is 5.32 Å². The molecule has 3 fully saturated rings. The third-order valence-electron chi connectivity index (χ3n) is 11.3. The van der Waals surface area contributed by atoms with Gasteiger partial charge in [0, 0.05) is 41.4 Å². The summed E-state index contributed by atoms with van der Waals surface area (Å²) in [5, 5.41) is 36.0. The van der Waals surface area contributed by atoms with Crippen LogP contribution in [0.1, 0.15) is 70.2 Å². The van der Waals surface area contributed by atoms with E-state index in [0.29, 0.717) is 48.4 Å². The summed E-state index contributed by atoms with van der Waals surface area (Å²) >= 11 is 6.15. The van der Waals surface area contributed by atoms with Crippen molar-refractivity contribution in [1.29, 1.82) is 0 Å². The fraction of sp³-hybridized carbons (Fsp3) is 0.645. The quantitative estimate of drug-likeness (QED) is 0.361. The van der Waals surface area contributed by atoms with Gasteiger partial charge in [-0.1, -0.05) is 39.3 Å². The number of esters is 2. The largest absolute Gasteiger partial charge is 0.502 e. The second-order valence-corrected chi connectivity index (χ2v) is 13.7. The number of carbonyl (C=O) groups is 3. The lowest BCUT2D eigenvalue weighted by molar-refractivity contribution is -0.210. The van der Waals surface area contributed by atoms with Crippen LogP contribution in [0.25, 0.3) is 0 Å². The number of benzene rings is 1. The van der Waals surface area contributed by atoms with Crippen molar-refractivity contribution >= 4 is 35.0 Å². The maximum atomic E-state index is 13.5. The number of hydrogen-bond donors (Lipinski definition) is 4. The van der Waals surface area contributed by atoms with E-state index in [-0.39, 0.29) is 29.8 Å². The van der Waals surface area contributed by atoms with Crippen LogP contribution in [0, 0.1) is 39.9 Å². The monoisotopic (exact) mass is 589 g/mol. The van der Waals surface area contributed by atoms with Crippen LogP contribution in [0.4, 0.5) is 5.69 Å². The van der Waals surface area contributed by atoms with Gasteiger partial charge in [-0.15, -0.1) is 0 Å². The Balaban J connectivity index is 1.48. The van der Waals surface area contributed by atoms with Crippen molar-refractivity contribution in [3.8, 4) is 0 Å². The molecule has 0 saturated heterocycles. The molecule has 0 radical (unpaired) electrons. The number of ketones is 1. The Morgan fingerprint density at radius 3 is 2.44 bits per heavy atom. The molecule has 5 rings (SSSR count). The van der Waals surface area contributed by atoms with E-state index in [1.54, 1.807) is 32.2 Å². The average molecular weight is 590 g/mol. The molecule has 9 nitrogen and oxygen atoms in total. The van der Waals surface area contributed by atoms with Gasteiger partial charge in [-0.3, -0.25) is 4.79 Å². The molecule has 4 aliphatic rings. The molecule has 0 aromatic heterocycles. The predicted molar refractivity (Wildman–Crippen MR) is 151 cm³/mol. The van der Waals surface area contributed by atoms with E-state index in [0.717, 1.165) is 0 Å². The standard InChI is InChI=1S/C31H40ClNO8/c1-15-19(34)13-21-29(2)11-9-22(35)31(4,14-40-26(37)17-12-16(32)6-7-18(17)33-5)20(29)8-10-30(21,3)24(15)23-25(36)28(39)41-27(23)38/h6-7,12,15,20-22,24,27,33,35-36,38H,8-11,13-14H2,1-5H3. The van der Waals surface area contributed by atoms with Gasteiger partial charge in [0.1, 0.15) is 5.78 Å². The molecular weight excluding hydrogens is 550 g/mol. The third-order valence-corrected chi connectivity index (χ3v) is 11.5. The van der Waals surface area contributed by atoms with Gasteiger partial charge in [0.2, 0.25) is 12.0 Å². The van der Waals surface area contributed by atoms with E-state index in [1.807, 2.05) is 6.92 Å². The molecule has 0 amide bonds. The molecule has 41 heavy (non-hydrogen) atoms. The first-order chi connectivity index (χ1) is 19.2. The van der Waals surface area contributed by atoms with E-state index >= 15 is 0 Å². The summed E-state index contributed by atoms with van der Waals surface area (Å²) in [5.74, 6) is -3.44. The maximum Gasteiger partial charge on any atom is 0.376 e. The van der Waals surface area contributed by atoms with Gasteiger partial charge >= 0.3 is 11.9 Å². The highest BCUT2D eigenvalue weighted by molar-refractivity contribution is 6.31. The molecule has 0 spiro atoms. The van der Waals surface area contributed by atoms with Gasteiger partial charge in [0.25, 0.3) is 0 Å². The molecule has 0 bridgehead atoms. The van der Waals surface area contributed by atoms with Crippen molar-refractivity contribution in [2.45, 2.75) is 72.2 Å². The number of aliphatic hydroxyl groups excluding tert-OH is 3. The van der Waals surface area contributed by atoms with E-state index in [1.165, 1.54) is 0 Å².